The fraction of sp³-hybridized carbons (Fsp3) is 0.375. The van der Waals surface area contributed by atoms with Crippen molar-refractivity contribution in [3.63, 3.8) is 0 Å². The average Bonchev–Trinajstić information content (AvgIpc) is 3.42. The Bertz CT molecular complexity index is 957. The van der Waals surface area contributed by atoms with Crippen molar-refractivity contribution in [3.8, 4) is 5.75 Å². The summed E-state index contributed by atoms with van der Waals surface area (Å²) in [6, 6.07) is 16.0. The number of Topliss-reactive ketones (excluding diaryl/α,β-unsaturated/α-hetero) is 1. The maximum atomic E-state index is 13.2. The molecule has 2 saturated carbocycles. The van der Waals surface area contributed by atoms with E-state index >= 15 is 0 Å². The first kappa shape index (κ1) is 18.1. The van der Waals surface area contributed by atoms with Gasteiger partial charge in [0.05, 0.1) is 17.5 Å². The van der Waals surface area contributed by atoms with Crippen LogP contribution in [0.2, 0.25) is 0 Å². The minimum Gasteiger partial charge on any atom is -0.480 e. The molecule has 2 aliphatic carbocycles. The monoisotopic (exact) mass is 389 g/mol. The number of ether oxygens (including phenoxy) is 1. The summed E-state index contributed by atoms with van der Waals surface area (Å²) in [6.07, 6.45) is 2.35. The van der Waals surface area contributed by atoms with Gasteiger partial charge in [0.2, 0.25) is 17.6 Å². The van der Waals surface area contributed by atoms with Crippen LogP contribution in [0.25, 0.3) is 0 Å². The van der Waals surface area contributed by atoms with Crippen molar-refractivity contribution in [2.45, 2.75) is 32.3 Å². The molecule has 1 aliphatic heterocycles. The van der Waals surface area contributed by atoms with Crippen LogP contribution in [0.3, 0.4) is 0 Å². The van der Waals surface area contributed by atoms with E-state index in [1.54, 1.807) is 43.3 Å². The highest BCUT2D eigenvalue weighted by Gasteiger charge is 2.61. The number of benzene rings is 2. The van der Waals surface area contributed by atoms with Crippen molar-refractivity contribution in [2.24, 2.45) is 23.7 Å². The van der Waals surface area contributed by atoms with E-state index in [4.69, 9.17) is 4.74 Å². The molecule has 148 valence electrons. The first-order chi connectivity index (χ1) is 14.1. The topological polar surface area (TPSA) is 63.7 Å². The third-order valence-corrected chi connectivity index (χ3v) is 6.76. The van der Waals surface area contributed by atoms with Gasteiger partial charge in [0, 0.05) is 5.56 Å². The number of nitrogens with zero attached hydrogens (tertiary/aromatic N) is 1. The van der Waals surface area contributed by atoms with Crippen molar-refractivity contribution < 1.29 is 19.1 Å². The van der Waals surface area contributed by atoms with Crippen LogP contribution in [-0.2, 0) is 9.59 Å². The van der Waals surface area contributed by atoms with E-state index in [2.05, 4.69) is 0 Å². The lowest BCUT2D eigenvalue weighted by molar-refractivity contribution is -0.123. The van der Waals surface area contributed by atoms with Crippen molar-refractivity contribution >= 4 is 23.3 Å². The SMILES string of the molecule is C[C@H](Oc1ccccc1N1C(=O)[C@@H]2[C@H]3CC[C@@H](C3)[C@@H]2C1=O)C(=O)c1ccccc1. The van der Waals surface area contributed by atoms with Crippen LogP contribution >= 0.6 is 0 Å². The highest BCUT2D eigenvalue weighted by molar-refractivity contribution is 6.23. The molecule has 5 rings (SSSR count). The average molecular weight is 389 g/mol. The third-order valence-electron chi connectivity index (χ3n) is 6.76. The summed E-state index contributed by atoms with van der Waals surface area (Å²) in [4.78, 5) is 40.3. The summed E-state index contributed by atoms with van der Waals surface area (Å²) in [6.45, 7) is 1.69. The van der Waals surface area contributed by atoms with Crippen molar-refractivity contribution in [2.75, 3.05) is 4.90 Å². The van der Waals surface area contributed by atoms with Gasteiger partial charge in [0.1, 0.15) is 5.75 Å². The van der Waals surface area contributed by atoms with E-state index in [1.807, 2.05) is 18.2 Å². The zero-order valence-electron chi connectivity index (χ0n) is 16.3. The van der Waals surface area contributed by atoms with E-state index in [9.17, 15) is 14.4 Å². The number of rotatable bonds is 5. The normalized spacial score (nSPS) is 28.5. The Kier molecular flexibility index (Phi) is 4.26. The molecule has 5 nitrogen and oxygen atoms in total. The lowest BCUT2D eigenvalue weighted by Crippen LogP contribution is -2.34. The van der Waals surface area contributed by atoms with Crippen LogP contribution in [-0.4, -0.2) is 23.7 Å². The number of amides is 2. The number of fused-ring (bicyclic) bond motifs is 5. The first-order valence-corrected chi connectivity index (χ1v) is 10.3. The van der Waals surface area contributed by atoms with Gasteiger partial charge in [-0.3, -0.25) is 14.4 Å². The summed E-state index contributed by atoms with van der Waals surface area (Å²) in [5, 5.41) is 0. The van der Waals surface area contributed by atoms with Crippen LogP contribution in [0.5, 0.6) is 5.75 Å². The molecule has 3 aliphatic rings. The van der Waals surface area contributed by atoms with E-state index in [0.29, 0.717) is 28.8 Å². The predicted molar refractivity (Wildman–Crippen MR) is 108 cm³/mol. The van der Waals surface area contributed by atoms with Crippen LogP contribution in [0.4, 0.5) is 5.69 Å². The summed E-state index contributed by atoms with van der Waals surface area (Å²) in [5.74, 6) is 0.329. The summed E-state index contributed by atoms with van der Waals surface area (Å²) in [5.41, 5.74) is 1.01. The largest absolute Gasteiger partial charge is 0.480 e. The van der Waals surface area contributed by atoms with Crippen LogP contribution in [0, 0.1) is 23.7 Å². The van der Waals surface area contributed by atoms with Gasteiger partial charge in [-0.15, -0.1) is 0 Å². The molecule has 2 bridgehead atoms. The minimum absolute atomic E-state index is 0.106. The molecule has 2 amide bonds. The van der Waals surface area contributed by atoms with E-state index in [0.717, 1.165) is 19.3 Å². The lowest BCUT2D eigenvalue weighted by atomic mass is 9.81. The van der Waals surface area contributed by atoms with Gasteiger partial charge in [0.25, 0.3) is 0 Å². The molecule has 3 fully saturated rings. The summed E-state index contributed by atoms with van der Waals surface area (Å²) < 4.78 is 5.97. The summed E-state index contributed by atoms with van der Waals surface area (Å²) in [7, 11) is 0. The zero-order valence-corrected chi connectivity index (χ0v) is 16.3. The number of carbonyl (C=O) groups is 3. The minimum atomic E-state index is -0.734. The number of carbonyl (C=O) groups excluding carboxylic acids is 3. The molecule has 5 atom stereocenters. The van der Waals surface area contributed by atoms with Crippen molar-refractivity contribution in [3.05, 3.63) is 60.2 Å². The van der Waals surface area contributed by atoms with Gasteiger partial charge in [-0.05, 0) is 50.2 Å². The molecule has 0 radical (unpaired) electrons. The van der Waals surface area contributed by atoms with Gasteiger partial charge in [0.15, 0.2) is 6.10 Å². The van der Waals surface area contributed by atoms with Gasteiger partial charge in [-0.1, -0.05) is 42.5 Å². The molecule has 0 aromatic heterocycles. The Morgan fingerprint density at radius 2 is 1.52 bits per heavy atom. The number of hydrogen-bond donors (Lipinski definition) is 0. The second-order valence-corrected chi connectivity index (χ2v) is 8.35. The molecule has 5 heteroatoms. The van der Waals surface area contributed by atoms with Gasteiger partial charge in [-0.2, -0.15) is 0 Å². The number of hydrogen-bond acceptors (Lipinski definition) is 4. The Morgan fingerprint density at radius 3 is 2.17 bits per heavy atom. The van der Waals surface area contributed by atoms with E-state index in [-0.39, 0.29) is 29.4 Å². The highest BCUT2D eigenvalue weighted by atomic mass is 16.5. The molecular weight excluding hydrogens is 366 g/mol. The molecule has 2 aromatic rings. The Hall–Kier alpha value is -2.95. The molecule has 0 N–H and O–H groups in total. The Balaban J connectivity index is 1.42. The van der Waals surface area contributed by atoms with Gasteiger partial charge >= 0.3 is 0 Å². The smallest absolute Gasteiger partial charge is 0.238 e. The maximum absolute atomic E-state index is 13.2. The number of ketones is 1. The van der Waals surface area contributed by atoms with Crippen molar-refractivity contribution in [1.82, 2.24) is 0 Å². The predicted octanol–water partition coefficient (Wildman–Crippen LogP) is 3.87. The quantitative estimate of drug-likeness (QED) is 0.575. The second kappa shape index (κ2) is 6.83. The van der Waals surface area contributed by atoms with Gasteiger partial charge < -0.3 is 4.74 Å². The van der Waals surface area contributed by atoms with Crippen LogP contribution in [0.15, 0.2) is 54.6 Å². The molecule has 1 heterocycles. The standard InChI is InChI=1S/C24H23NO4/c1-14(22(26)15-7-3-2-4-8-15)29-19-10-6-5-9-18(19)25-23(27)20-16-11-12-17(13-16)21(20)24(25)28/h2-10,14,16-17,20-21H,11-13H2,1H3/t14-,16-,17-,20-,21+/m0/s1. The molecule has 0 spiro atoms. The van der Waals surface area contributed by atoms with Crippen molar-refractivity contribution in [1.29, 1.82) is 0 Å². The third kappa shape index (κ3) is 2.79. The Morgan fingerprint density at radius 1 is 0.931 bits per heavy atom. The summed E-state index contributed by atoms with van der Waals surface area (Å²) >= 11 is 0. The number of imide groups is 1. The van der Waals surface area contributed by atoms with Crippen LogP contribution < -0.4 is 9.64 Å². The molecule has 0 unspecified atom stereocenters. The highest BCUT2D eigenvalue weighted by Crippen LogP contribution is 2.57. The zero-order chi connectivity index (χ0) is 20.1. The Labute approximate surface area is 169 Å². The first-order valence-electron chi connectivity index (χ1n) is 10.3. The lowest BCUT2D eigenvalue weighted by Gasteiger charge is -2.22. The molecule has 2 aromatic carbocycles. The maximum Gasteiger partial charge on any atom is 0.238 e. The van der Waals surface area contributed by atoms with Crippen LogP contribution in [0.1, 0.15) is 36.5 Å². The molecule has 1 saturated heterocycles. The second-order valence-electron chi connectivity index (χ2n) is 8.35. The molecular formula is C24H23NO4. The fourth-order valence-electron chi connectivity index (χ4n) is 5.47. The fourth-order valence-corrected chi connectivity index (χ4v) is 5.47. The number of para-hydroxylation sites is 2. The number of anilines is 1. The van der Waals surface area contributed by atoms with E-state index in [1.165, 1.54) is 4.90 Å². The molecule has 29 heavy (non-hydrogen) atoms. The van der Waals surface area contributed by atoms with Gasteiger partial charge in [-0.25, -0.2) is 4.90 Å². The van der Waals surface area contributed by atoms with E-state index < -0.39 is 6.10 Å².